The minimum Gasteiger partial charge on any atom is -0.355 e. The molecule has 0 radical (unpaired) electrons. The monoisotopic (exact) mass is 336 g/mol. The third kappa shape index (κ3) is 3.22. The van der Waals surface area contributed by atoms with Crippen molar-refractivity contribution in [3.63, 3.8) is 0 Å². The summed E-state index contributed by atoms with van der Waals surface area (Å²) in [6, 6.07) is 8.67. The Bertz CT molecular complexity index is 871. The molecule has 6 heteroatoms. The van der Waals surface area contributed by atoms with Crippen LogP contribution in [0.15, 0.2) is 36.8 Å². The summed E-state index contributed by atoms with van der Waals surface area (Å²) in [5, 5.41) is 5.37. The second-order valence-electron chi connectivity index (χ2n) is 6.75. The third-order valence-electron chi connectivity index (χ3n) is 5.05. The summed E-state index contributed by atoms with van der Waals surface area (Å²) >= 11 is 0. The maximum atomic E-state index is 4.55. The molecule has 0 bridgehead atoms. The molecule has 3 aromatic rings. The molecule has 1 aliphatic heterocycles. The van der Waals surface area contributed by atoms with E-state index in [-0.39, 0.29) is 0 Å². The Morgan fingerprint density at radius 2 is 1.92 bits per heavy atom. The van der Waals surface area contributed by atoms with E-state index in [1.807, 2.05) is 17.9 Å². The maximum absolute atomic E-state index is 4.55. The number of rotatable bonds is 3. The Labute approximate surface area is 148 Å². The number of fused-ring (bicyclic) bond motifs is 1. The number of aromatic nitrogens is 4. The average molecular weight is 336 g/mol. The zero-order valence-electron chi connectivity index (χ0n) is 14.9. The van der Waals surface area contributed by atoms with Crippen LogP contribution in [0.2, 0.25) is 0 Å². The molecule has 2 aromatic heterocycles. The van der Waals surface area contributed by atoms with Crippen molar-refractivity contribution < 1.29 is 0 Å². The molecular formula is C19H24N6. The van der Waals surface area contributed by atoms with E-state index in [1.165, 1.54) is 11.1 Å². The maximum Gasteiger partial charge on any atom is 0.163 e. The SMILES string of the molecule is Cc1ccccc1CN1CCCN(c2ncnc3c2cnn3C)CC1. The van der Waals surface area contributed by atoms with Crippen LogP contribution in [0.25, 0.3) is 11.0 Å². The zero-order chi connectivity index (χ0) is 17.2. The van der Waals surface area contributed by atoms with Crippen LogP contribution in [-0.2, 0) is 13.6 Å². The van der Waals surface area contributed by atoms with Crippen molar-refractivity contribution in [2.24, 2.45) is 7.05 Å². The summed E-state index contributed by atoms with van der Waals surface area (Å²) in [7, 11) is 1.92. The highest BCUT2D eigenvalue weighted by Crippen LogP contribution is 2.23. The Hall–Kier alpha value is -2.47. The van der Waals surface area contributed by atoms with Gasteiger partial charge in [0.25, 0.3) is 0 Å². The van der Waals surface area contributed by atoms with Crippen molar-refractivity contribution in [2.75, 3.05) is 31.1 Å². The lowest BCUT2D eigenvalue weighted by Crippen LogP contribution is -2.31. The quantitative estimate of drug-likeness (QED) is 0.735. The van der Waals surface area contributed by atoms with Crippen LogP contribution >= 0.6 is 0 Å². The lowest BCUT2D eigenvalue weighted by Gasteiger charge is -2.23. The molecule has 1 aliphatic rings. The number of hydrogen-bond donors (Lipinski definition) is 0. The molecule has 1 saturated heterocycles. The topological polar surface area (TPSA) is 50.1 Å². The molecular weight excluding hydrogens is 312 g/mol. The molecule has 4 rings (SSSR count). The van der Waals surface area contributed by atoms with Crippen LogP contribution in [0, 0.1) is 6.92 Å². The highest BCUT2D eigenvalue weighted by Gasteiger charge is 2.19. The van der Waals surface area contributed by atoms with Gasteiger partial charge in [0.05, 0.1) is 11.6 Å². The van der Waals surface area contributed by atoms with E-state index in [0.717, 1.165) is 56.0 Å². The summed E-state index contributed by atoms with van der Waals surface area (Å²) in [6.45, 7) is 7.37. The van der Waals surface area contributed by atoms with Crippen LogP contribution in [0.1, 0.15) is 17.5 Å². The number of anilines is 1. The van der Waals surface area contributed by atoms with Gasteiger partial charge in [-0.3, -0.25) is 9.58 Å². The smallest absolute Gasteiger partial charge is 0.163 e. The zero-order valence-corrected chi connectivity index (χ0v) is 14.9. The normalized spacial score (nSPS) is 16.3. The molecule has 0 spiro atoms. The molecule has 0 aliphatic carbocycles. The van der Waals surface area contributed by atoms with Gasteiger partial charge in [-0.15, -0.1) is 0 Å². The van der Waals surface area contributed by atoms with Crippen LogP contribution < -0.4 is 4.90 Å². The Morgan fingerprint density at radius 3 is 2.80 bits per heavy atom. The van der Waals surface area contributed by atoms with Gasteiger partial charge in [-0.05, 0) is 24.5 Å². The Balaban J connectivity index is 1.50. The van der Waals surface area contributed by atoms with E-state index in [4.69, 9.17) is 0 Å². The summed E-state index contributed by atoms with van der Waals surface area (Å²) in [6.07, 6.45) is 4.66. The van der Waals surface area contributed by atoms with Crippen molar-refractivity contribution in [1.82, 2.24) is 24.6 Å². The fourth-order valence-corrected chi connectivity index (χ4v) is 3.57. The highest BCUT2D eigenvalue weighted by atomic mass is 15.3. The van der Waals surface area contributed by atoms with E-state index in [9.17, 15) is 0 Å². The van der Waals surface area contributed by atoms with Crippen molar-refractivity contribution in [2.45, 2.75) is 19.9 Å². The van der Waals surface area contributed by atoms with E-state index in [1.54, 1.807) is 6.33 Å². The number of hydrogen-bond acceptors (Lipinski definition) is 5. The number of benzene rings is 1. The van der Waals surface area contributed by atoms with Crippen LogP contribution in [0.5, 0.6) is 0 Å². The minimum absolute atomic E-state index is 0.894. The molecule has 6 nitrogen and oxygen atoms in total. The van der Waals surface area contributed by atoms with Gasteiger partial charge in [-0.1, -0.05) is 24.3 Å². The summed E-state index contributed by atoms with van der Waals surface area (Å²) < 4.78 is 1.81. The molecule has 0 saturated carbocycles. The van der Waals surface area contributed by atoms with Gasteiger partial charge in [0, 0.05) is 39.8 Å². The fraction of sp³-hybridized carbons (Fsp3) is 0.421. The summed E-state index contributed by atoms with van der Waals surface area (Å²) in [4.78, 5) is 13.8. The molecule has 0 N–H and O–H groups in total. The minimum atomic E-state index is 0.894. The Kier molecular flexibility index (Phi) is 4.36. The van der Waals surface area contributed by atoms with Crippen molar-refractivity contribution in [1.29, 1.82) is 0 Å². The molecule has 25 heavy (non-hydrogen) atoms. The van der Waals surface area contributed by atoms with Crippen molar-refractivity contribution in [3.8, 4) is 0 Å². The first-order valence-corrected chi connectivity index (χ1v) is 8.87. The van der Waals surface area contributed by atoms with Gasteiger partial charge in [-0.2, -0.15) is 5.10 Å². The van der Waals surface area contributed by atoms with Crippen molar-refractivity contribution >= 4 is 16.9 Å². The van der Waals surface area contributed by atoms with Gasteiger partial charge >= 0.3 is 0 Å². The van der Waals surface area contributed by atoms with Crippen LogP contribution in [0.4, 0.5) is 5.82 Å². The van der Waals surface area contributed by atoms with Gasteiger partial charge in [-0.25, -0.2) is 9.97 Å². The summed E-state index contributed by atoms with van der Waals surface area (Å²) in [5.74, 6) is 1.01. The lowest BCUT2D eigenvalue weighted by atomic mass is 10.1. The first-order valence-electron chi connectivity index (χ1n) is 8.87. The predicted molar refractivity (Wildman–Crippen MR) is 99.6 cm³/mol. The average Bonchev–Trinajstić information content (AvgIpc) is 2.86. The first-order chi connectivity index (χ1) is 12.2. The largest absolute Gasteiger partial charge is 0.355 e. The molecule has 1 fully saturated rings. The van der Waals surface area contributed by atoms with Crippen molar-refractivity contribution in [3.05, 3.63) is 47.9 Å². The molecule has 130 valence electrons. The van der Waals surface area contributed by atoms with Gasteiger partial charge in [0.15, 0.2) is 5.65 Å². The van der Waals surface area contributed by atoms with Crippen LogP contribution in [-0.4, -0.2) is 50.8 Å². The van der Waals surface area contributed by atoms with E-state index in [0.29, 0.717) is 0 Å². The molecule has 0 amide bonds. The third-order valence-corrected chi connectivity index (χ3v) is 5.05. The lowest BCUT2D eigenvalue weighted by molar-refractivity contribution is 0.285. The van der Waals surface area contributed by atoms with E-state index >= 15 is 0 Å². The van der Waals surface area contributed by atoms with E-state index in [2.05, 4.69) is 56.1 Å². The second-order valence-corrected chi connectivity index (χ2v) is 6.75. The second kappa shape index (κ2) is 6.80. The molecule has 1 aromatic carbocycles. The van der Waals surface area contributed by atoms with Gasteiger partial charge in [0.2, 0.25) is 0 Å². The van der Waals surface area contributed by atoms with E-state index < -0.39 is 0 Å². The Morgan fingerprint density at radius 1 is 1.04 bits per heavy atom. The predicted octanol–water partition coefficient (Wildman–Crippen LogP) is 2.38. The molecule has 0 unspecified atom stereocenters. The highest BCUT2D eigenvalue weighted by molar-refractivity contribution is 5.86. The molecule has 3 heterocycles. The van der Waals surface area contributed by atoms with Crippen LogP contribution in [0.3, 0.4) is 0 Å². The first kappa shape index (κ1) is 16.0. The molecule has 0 atom stereocenters. The summed E-state index contributed by atoms with van der Waals surface area (Å²) in [5.41, 5.74) is 3.69. The standard InChI is InChI=1S/C19H24N6/c1-15-6-3-4-7-16(15)13-24-8-5-9-25(11-10-24)19-17-12-22-23(2)18(17)20-14-21-19/h3-4,6-7,12,14H,5,8-11,13H2,1-2H3. The number of nitrogens with zero attached hydrogens (tertiary/aromatic N) is 6. The van der Waals surface area contributed by atoms with Gasteiger partial charge in [0.1, 0.15) is 12.1 Å². The fourth-order valence-electron chi connectivity index (χ4n) is 3.57. The number of aryl methyl sites for hydroxylation is 2. The van der Waals surface area contributed by atoms with Gasteiger partial charge < -0.3 is 4.90 Å².